The lowest BCUT2D eigenvalue weighted by atomic mass is 10.2. The summed E-state index contributed by atoms with van der Waals surface area (Å²) in [6.45, 7) is 1.75. The van der Waals surface area contributed by atoms with Gasteiger partial charge in [-0.3, -0.25) is 4.98 Å². The number of nitrogens with two attached hydrogens (primary N) is 1. The van der Waals surface area contributed by atoms with Crippen LogP contribution >= 0.6 is 0 Å². The van der Waals surface area contributed by atoms with Crippen molar-refractivity contribution < 1.29 is 9.90 Å². The van der Waals surface area contributed by atoms with Gasteiger partial charge in [0.15, 0.2) is 0 Å². The summed E-state index contributed by atoms with van der Waals surface area (Å²) >= 11 is 0. The van der Waals surface area contributed by atoms with Crippen LogP contribution in [0.1, 0.15) is 16.1 Å². The van der Waals surface area contributed by atoms with Crippen LogP contribution in [0.2, 0.25) is 0 Å². The molecule has 1 heterocycles. The molecule has 0 aromatic carbocycles. The van der Waals surface area contributed by atoms with Crippen molar-refractivity contribution in [3.8, 4) is 0 Å². The van der Waals surface area contributed by atoms with Gasteiger partial charge < -0.3 is 10.8 Å². The number of nitrogen functional groups attached to an aromatic ring is 1. The molecule has 0 saturated heterocycles. The minimum atomic E-state index is -1.05. The molecule has 0 spiro atoms. The number of aromatic carboxylic acids is 1. The molecule has 0 aliphatic rings. The number of rotatable bonds is 1. The standard InChI is InChI=1S/C7H8N2O2/c1-4-2-6(8)5(3-9-4)7(10)11/h2-3H,1H3,(H2,8,9)(H,10,11). The van der Waals surface area contributed by atoms with Crippen molar-refractivity contribution in [2.24, 2.45) is 0 Å². The highest BCUT2D eigenvalue weighted by Crippen LogP contribution is 2.10. The Kier molecular flexibility index (Phi) is 1.76. The summed E-state index contributed by atoms with van der Waals surface area (Å²) in [5.41, 5.74) is 6.42. The number of anilines is 1. The van der Waals surface area contributed by atoms with E-state index in [0.717, 1.165) is 0 Å². The Hall–Kier alpha value is -1.58. The first kappa shape index (κ1) is 7.53. The number of nitrogens with zero attached hydrogens (tertiary/aromatic N) is 1. The van der Waals surface area contributed by atoms with Crippen molar-refractivity contribution in [3.63, 3.8) is 0 Å². The van der Waals surface area contributed by atoms with Crippen LogP contribution in [0.5, 0.6) is 0 Å². The molecule has 1 rings (SSSR count). The number of hydrogen-bond donors (Lipinski definition) is 2. The van der Waals surface area contributed by atoms with E-state index in [9.17, 15) is 4.79 Å². The van der Waals surface area contributed by atoms with E-state index in [0.29, 0.717) is 5.69 Å². The van der Waals surface area contributed by atoms with E-state index in [1.54, 1.807) is 6.92 Å². The molecule has 0 aliphatic heterocycles. The maximum atomic E-state index is 10.4. The lowest BCUT2D eigenvalue weighted by Gasteiger charge is -1.99. The van der Waals surface area contributed by atoms with Gasteiger partial charge in [-0.25, -0.2) is 4.79 Å². The lowest BCUT2D eigenvalue weighted by molar-refractivity contribution is 0.0697. The first-order valence-electron chi connectivity index (χ1n) is 3.06. The third-order valence-corrected chi connectivity index (χ3v) is 1.30. The molecule has 0 saturated carbocycles. The van der Waals surface area contributed by atoms with Gasteiger partial charge in [0.2, 0.25) is 0 Å². The SMILES string of the molecule is Cc1cc(N)c(C(=O)O)cn1. The van der Waals surface area contributed by atoms with Crippen LogP contribution in [-0.4, -0.2) is 16.1 Å². The molecule has 4 nitrogen and oxygen atoms in total. The molecular formula is C7H8N2O2. The zero-order chi connectivity index (χ0) is 8.43. The molecule has 0 radical (unpaired) electrons. The third-order valence-electron chi connectivity index (χ3n) is 1.30. The van der Waals surface area contributed by atoms with Gasteiger partial charge in [-0.1, -0.05) is 0 Å². The molecule has 58 valence electrons. The summed E-state index contributed by atoms with van der Waals surface area (Å²) < 4.78 is 0. The quantitative estimate of drug-likeness (QED) is 0.620. The monoisotopic (exact) mass is 152 g/mol. The second kappa shape index (κ2) is 2.57. The molecule has 0 fully saturated rings. The average Bonchev–Trinajstić information content (AvgIpc) is 1.85. The highest BCUT2D eigenvalue weighted by Gasteiger charge is 2.06. The summed E-state index contributed by atoms with van der Waals surface area (Å²) in [7, 11) is 0. The van der Waals surface area contributed by atoms with E-state index < -0.39 is 5.97 Å². The minimum Gasteiger partial charge on any atom is -0.478 e. The summed E-state index contributed by atoms with van der Waals surface area (Å²) in [5, 5.41) is 8.54. The van der Waals surface area contributed by atoms with Crippen LogP contribution in [0.4, 0.5) is 5.69 Å². The van der Waals surface area contributed by atoms with E-state index in [1.165, 1.54) is 12.3 Å². The fourth-order valence-electron chi connectivity index (χ4n) is 0.760. The molecule has 0 bridgehead atoms. The molecular weight excluding hydrogens is 144 g/mol. The van der Waals surface area contributed by atoms with Gasteiger partial charge in [0.1, 0.15) is 5.56 Å². The molecule has 0 amide bonds. The Morgan fingerprint density at radius 2 is 2.36 bits per heavy atom. The van der Waals surface area contributed by atoms with Crippen molar-refractivity contribution in [3.05, 3.63) is 23.5 Å². The molecule has 11 heavy (non-hydrogen) atoms. The highest BCUT2D eigenvalue weighted by molar-refractivity contribution is 5.93. The number of carboxylic acid groups (broad SMARTS) is 1. The molecule has 4 heteroatoms. The molecule has 1 aromatic rings. The number of hydrogen-bond acceptors (Lipinski definition) is 3. The fourth-order valence-corrected chi connectivity index (χ4v) is 0.760. The van der Waals surface area contributed by atoms with Crippen LogP contribution in [0, 0.1) is 6.92 Å². The molecule has 0 atom stereocenters. The lowest BCUT2D eigenvalue weighted by Crippen LogP contribution is -2.03. The van der Waals surface area contributed by atoms with Gasteiger partial charge in [-0.05, 0) is 13.0 Å². The van der Waals surface area contributed by atoms with Gasteiger partial charge in [-0.15, -0.1) is 0 Å². The largest absolute Gasteiger partial charge is 0.478 e. The van der Waals surface area contributed by atoms with Gasteiger partial charge in [0.05, 0.1) is 0 Å². The zero-order valence-electron chi connectivity index (χ0n) is 6.03. The van der Waals surface area contributed by atoms with E-state index in [-0.39, 0.29) is 11.3 Å². The Bertz CT molecular complexity index is 296. The highest BCUT2D eigenvalue weighted by atomic mass is 16.4. The zero-order valence-corrected chi connectivity index (χ0v) is 6.03. The molecule has 1 aromatic heterocycles. The number of carboxylic acids is 1. The Labute approximate surface area is 63.7 Å². The first-order valence-corrected chi connectivity index (χ1v) is 3.06. The van der Waals surface area contributed by atoms with Crippen molar-refractivity contribution in [2.75, 3.05) is 5.73 Å². The summed E-state index contributed by atoms with van der Waals surface area (Å²) in [5.74, 6) is -1.05. The third kappa shape index (κ3) is 1.46. The van der Waals surface area contributed by atoms with E-state index in [1.807, 2.05) is 0 Å². The minimum absolute atomic E-state index is 0.0515. The smallest absolute Gasteiger partial charge is 0.339 e. The second-order valence-electron chi connectivity index (χ2n) is 2.22. The average molecular weight is 152 g/mol. The number of aromatic nitrogens is 1. The Morgan fingerprint density at radius 1 is 1.73 bits per heavy atom. The van der Waals surface area contributed by atoms with E-state index in [2.05, 4.69) is 4.98 Å². The van der Waals surface area contributed by atoms with Crippen molar-refractivity contribution in [2.45, 2.75) is 6.92 Å². The van der Waals surface area contributed by atoms with E-state index in [4.69, 9.17) is 10.8 Å². The Balaban J connectivity index is 3.20. The van der Waals surface area contributed by atoms with Crippen LogP contribution in [0.25, 0.3) is 0 Å². The fraction of sp³-hybridized carbons (Fsp3) is 0.143. The Morgan fingerprint density at radius 3 is 2.82 bits per heavy atom. The van der Waals surface area contributed by atoms with Crippen molar-refractivity contribution in [1.82, 2.24) is 4.98 Å². The van der Waals surface area contributed by atoms with Crippen molar-refractivity contribution in [1.29, 1.82) is 0 Å². The molecule has 0 unspecified atom stereocenters. The maximum absolute atomic E-state index is 10.4. The van der Waals surface area contributed by atoms with Gasteiger partial charge in [0, 0.05) is 17.6 Å². The van der Waals surface area contributed by atoms with Gasteiger partial charge in [0.25, 0.3) is 0 Å². The summed E-state index contributed by atoms with van der Waals surface area (Å²) in [6, 6.07) is 1.53. The van der Waals surface area contributed by atoms with Crippen LogP contribution < -0.4 is 5.73 Å². The normalized spacial score (nSPS) is 9.55. The number of carbonyl (C=O) groups is 1. The van der Waals surface area contributed by atoms with E-state index >= 15 is 0 Å². The van der Waals surface area contributed by atoms with Gasteiger partial charge >= 0.3 is 5.97 Å². The van der Waals surface area contributed by atoms with Crippen LogP contribution in [0.15, 0.2) is 12.3 Å². The van der Waals surface area contributed by atoms with Gasteiger partial charge in [-0.2, -0.15) is 0 Å². The number of pyridine rings is 1. The van der Waals surface area contributed by atoms with Crippen LogP contribution in [0.3, 0.4) is 0 Å². The predicted octanol–water partition coefficient (Wildman–Crippen LogP) is 0.670. The maximum Gasteiger partial charge on any atom is 0.339 e. The predicted molar refractivity (Wildman–Crippen MR) is 40.3 cm³/mol. The van der Waals surface area contributed by atoms with Crippen molar-refractivity contribution >= 4 is 11.7 Å². The summed E-state index contributed by atoms with van der Waals surface area (Å²) in [6.07, 6.45) is 1.26. The van der Waals surface area contributed by atoms with Crippen LogP contribution in [-0.2, 0) is 0 Å². The second-order valence-corrected chi connectivity index (χ2v) is 2.22. The first-order chi connectivity index (χ1) is 5.11. The topological polar surface area (TPSA) is 76.2 Å². The molecule has 3 N–H and O–H groups in total. The summed E-state index contributed by atoms with van der Waals surface area (Å²) in [4.78, 5) is 14.2. The molecule has 0 aliphatic carbocycles. The number of aryl methyl sites for hydroxylation is 1.